The molecule has 1 rings (SSSR count). The van der Waals surface area contributed by atoms with Crippen molar-refractivity contribution >= 4 is 5.69 Å². The first-order valence-corrected chi connectivity index (χ1v) is 7.08. The minimum atomic E-state index is 0.513. The third-order valence-electron chi connectivity index (χ3n) is 3.36. The van der Waals surface area contributed by atoms with Gasteiger partial charge in [-0.1, -0.05) is 6.92 Å². The molecule has 0 radical (unpaired) electrons. The first-order chi connectivity index (χ1) is 8.88. The van der Waals surface area contributed by atoms with Crippen molar-refractivity contribution in [2.45, 2.75) is 53.1 Å². The summed E-state index contributed by atoms with van der Waals surface area (Å²) in [4.78, 5) is 2.40. The van der Waals surface area contributed by atoms with Crippen LogP contribution >= 0.6 is 0 Å². The fourth-order valence-corrected chi connectivity index (χ4v) is 2.37. The van der Waals surface area contributed by atoms with Crippen LogP contribution in [0.1, 0.15) is 40.3 Å². The standard InChI is InChI=1S/C14H28N4O/c1-7-12-13(15)14(17(6)16-12)19-9-8-18(10(2)3)11(4)5/h10-11H,7-9,15H2,1-6H3. The Bertz CT molecular complexity index is 390. The highest BCUT2D eigenvalue weighted by molar-refractivity contribution is 5.53. The second-order valence-electron chi connectivity index (χ2n) is 5.42. The first kappa shape index (κ1) is 15.8. The van der Waals surface area contributed by atoms with Crippen LogP contribution in [0.15, 0.2) is 0 Å². The highest BCUT2D eigenvalue weighted by Gasteiger charge is 2.16. The Morgan fingerprint density at radius 1 is 1.26 bits per heavy atom. The number of hydrogen-bond acceptors (Lipinski definition) is 4. The molecule has 0 amide bonds. The number of nitrogens with zero attached hydrogens (tertiary/aromatic N) is 3. The molecule has 0 aliphatic heterocycles. The van der Waals surface area contributed by atoms with Crippen molar-refractivity contribution in [2.24, 2.45) is 7.05 Å². The van der Waals surface area contributed by atoms with E-state index in [1.54, 1.807) is 4.68 Å². The zero-order valence-corrected chi connectivity index (χ0v) is 13.1. The van der Waals surface area contributed by atoms with Gasteiger partial charge in [0.2, 0.25) is 5.88 Å². The quantitative estimate of drug-likeness (QED) is 0.822. The van der Waals surface area contributed by atoms with Gasteiger partial charge in [0.15, 0.2) is 0 Å². The summed E-state index contributed by atoms with van der Waals surface area (Å²) in [5.74, 6) is 0.685. The topological polar surface area (TPSA) is 56.3 Å². The van der Waals surface area contributed by atoms with Crippen molar-refractivity contribution in [2.75, 3.05) is 18.9 Å². The highest BCUT2D eigenvalue weighted by Crippen LogP contribution is 2.24. The third kappa shape index (κ3) is 3.86. The molecule has 1 aromatic rings. The Morgan fingerprint density at radius 2 is 1.84 bits per heavy atom. The summed E-state index contributed by atoms with van der Waals surface area (Å²) in [6.45, 7) is 12.4. The molecule has 0 saturated carbocycles. The van der Waals surface area contributed by atoms with Crippen LogP contribution in [0.4, 0.5) is 5.69 Å². The lowest BCUT2D eigenvalue weighted by atomic mass is 10.2. The van der Waals surface area contributed by atoms with Crippen LogP contribution in [0.2, 0.25) is 0 Å². The maximum Gasteiger partial charge on any atom is 0.235 e. The predicted octanol–water partition coefficient (Wildman–Crippen LogP) is 2.06. The van der Waals surface area contributed by atoms with Gasteiger partial charge in [-0.05, 0) is 34.1 Å². The van der Waals surface area contributed by atoms with E-state index in [9.17, 15) is 0 Å². The summed E-state index contributed by atoms with van der Waals surface area (Å²) in [5, 5.41) is 4.35. The van der Waals surface area contributed by atoms with Crippen molar-refractivity contribution in [1.29, 1.82) is 0 Å². The van der Waals surface area contributed by atoms with Gasteiger partial charge in [0.05, 0.1) is 5.69 Å². The van der Waals surface area contributed by atoms with Gasteiger partial charge in [-0.2, -0.15) is 5.10 Å². The molecule has 1 aromatic heterocycles. The molecular weight excluding hydrogens is 240 g/mol. The van der Waals surface area contributed by atoms with Crippen LogP contribution < -0.4 is 10.5 Å². The number of rotatable bonds is 7. The minimum Gasteiger partial charge on any atom is -0.475 e. The van der Waals surface area contributed by atoms with Gasteiger partial charge in [0.25, 0.3) is 0 Å². The van der Waals surface area contributed by atoms with Crippen LogP contribution in [0.25, 0.3) is 0 Å². The van der Waals surface area contributed by atoms with Crippen molar-refractivity contribution in [3.8, 4) is 5.88 Å². The number of aryl methyl sites for hydroxylation is 2. The van der Waals surface area contributed by atoms with Gasteiger partial charge in [-0.25, -0.2) is 4.68 Å². The molecule has 0 aliphatic carbocycles. The summed E-state index contributed by atoms with van der Waals surface area (Å²) in [6, 6.07) is 1.03. The molecule has 0 spiro atoms. The molecule has 0 bridgehead atoms. The van der Waals surface area contributed by atoms with Gasteiger partial charge in [-0.3, -0.25) is 4.90 Å². The molecule has 0 atom stereocenters. The molecule has 110 valence electrons. The fraction of sp³-hybridized carbons (Fsp3) is 0.786. The molecule has 0 unspecified atom stereocenters. The second kappa shape index (κ2) is 6.80. The molecule has 1 heterocycles. The van der Waals surface area contributed by atoms with Gasteiger partial charge in [0.1, 0.15) is 12.3 Å². The van der Waals surface area contributed by atoms with Gasteiger partial charge in [0, 0.05) is 25.7 Å². The molecule has 19 heavy (non-hydrogen) atoms. The molecule has 0 saturated heterocycles. The van der Waals surface area contributed by atoms with E-state index in [1.807, 2.05) is 14.0 Å². The van der Waals surface area contributed by atoms with Gasteiger partial charge < -0.3 is 10.5 Å². The van der Waals surface area contributed by atoms with Crippen LogP contribution in [0.3, 0.4) is 0 Å². The molecule has 5 heteroatoms. The SMILES string of the molecule is CCc1nn(C)c(OCCN(C(C)C)C(C)C)c1N. The molecular formula is C14H28N4O. The number of anilines is 1. The van der Waals surface area contributed by atoms with E-state index >= 15 is 0 Å². The molecule has 5 nitrogen and oxygen atoms in total. The Hall–Kier alpha value is -1.23. The summed E-state index contributed by atoms with van der Waals surface area (Å²) in [5.41, 5.74) is 7.61. The first-order valence-electron chi connectivity index (χ1n) is 7.08. The predicted molar refractivity (Wildman–Crippen MR) is 79.5 cm³/mol. The number of aromatic nitrogens is 2. The van der Waals surface area contributed by atoms with Crippen molar-refractivity contribution in [3.63, 3.8) is 0 Å². The molecule has 0 aliphatic rings. The van der Waals surface area contributed by atoms with Crippen LogP contribution in [0.5, 0.6) is 5.88 Å². The lowest BCUT2D eigenvalue weighted by Gasteiger charge is -2.30. The average Bonchev–Trinajstić information content (AvgIpc) is 2.59. The Balaban J connectivity index is 2.60. The second-order valence-corrected chi connectivity index (χ2v) is 5.42. The Morgan fingerprint density at radius 3 is 2.26 bits per heavy atom. The van der Waals surface area contributed by atoms with Crippen LogP contribution in [0, 0.1) is 0 Å². The van der Waals surface area contributed by atoms with Crippen molar-refractivity contribution < 1.29 is 4.74 Å². The minimum absolute atomic E-state index is 0.513. The van der Waals surface area contributed by atoms with Gasteiger partial charge >= 0.3 is 0 Å². The monoisotopic (exact) mass is 268 g/mol. The summed E-state index contributed by atoms with van der Waals surface area (Å²) in [6.07, 6.45) is 0.827. The number of nitrogen functional groups attached to an aromatic ring is 1. The largest absolute Gasteiger partial charge is 0.475 e. The fourth-order valence-electron chi connectivity index (χ4n) is 2.37. The average molecular weight is 268 g/mol. The van der Waals surface area contributed by atoms with E-state index in [2.05, 4.69) is 37.7 Å². The molecule has 0 fully saturated rings. The zero-order chi connectivity index (χ0) is 14.6. The van der Waals surface area contributed by atoms with Crippen molar-refractivity contribution in [3.05, 3.63) is 5.69 Å². The third-order valence-corrected chi connectivity index (χ3v) is 3.36. The number of ether oxygens (including phenoxy) is 1. The van der Waals surface area contributed by atoms with Crippen LogP contribution in [-0.4, -0.2) is 39.9 Å². The highest BCUT2D eigenvalue weighted by atomic mass is 16.5. The van der Waals surface area contributed by atoms with E-state index in [1.165, 1.54) is 0 Å². The Kier molecular flexibility index (Phi) is 5.66. The maximum absolute atomic E-state index is 6.03. The van der Waals surface area contributed by atoms with E-state index in [0.717, 1.165) is 18.7 Å². The summed E-state index contributed by atoms with van der Waals surface area (Å²) < 4.78 is 7.54. The van der Waals surface area contributed by atoms with E-state index in [4.69, 9.17) is 10.5 Å². The number of nitrogens with two attached hydrogens (primary N) is 1. The van der Waals surface area contributed by atoms with E-state index < -0.39 is 0 Å². The normalized spacial score (nSPS) is 11.8. The van der Waals surface area contributed by atoms with Crippen LogP contribution in [-0.2, 0) is 13.5 Å². The van der Waals surface area contributed by atoms with E-state index in [0.29, 0.717) is 30.3 Å². The lowest BCUT2D eigenvalue weighted by Crippen LogP contribution is -2.39. The van der Waals surface area contributed by atoms with Crippen molar-refractivity contribution in [1.82, 2.24) is 14.7 Å². The summed E-state index contributed by atoms with van der Waals surface area (Å²) >= 11 is 0. The lowest BCUT2D eigenvalue weighted by molar-refractivity contribution is 0.138. The molecule has 2 N–H and O–H groups in total. The maximum atomic E-state index is 6.03. The van der Waals surface area contributed by atoms with E-state index in [-0.39, 0.29) is 0 Å². The summed E-state index contributed by atoms with van der Waals surface area (Å²) in [7, 11) is 1.87. The zero-order valence-electron chi connectivity index (χ0n) is 13.1. The Labute approximate surface area is 116 Å². The molecule has 0 aromatic carbocycles. The smallest absolute Gasteiger partial charge is 0.235 e. The van der Waals surface area contributed by atoms with Gasteiger partial charge in [-0.15, -0.1) is 0 Å². The number of hydrogen-bond donors (Lipinski definition) is 1.